The van der Waals surface area contributed by atoms with Crippen molar-refractivity contribution in [2.75, 3.05) is 18.6 Å². The molecule has 0 aromatic carbocycles. The maximum Gasteiger partial charge on any atom is 0.114 e. The number of hydrogen-bond donors (Lipinski definition) is 1. The minimum Gasteiger partial charge on any atom is -0.308 e. The van der Waals surface area contributed by atoms with Crippen LogP contribution in [0.15, 0.2) is 0 Å². The van der Waals surface area contributed by atoms with Crippen LogP contribution in [0.5, 0.6) is 0 Å². The van der Waals surface area contributed by atoms with E-state index in [0.29, 0.717) is 5.41 Å². The number of rotatable bonds is 2. The molecule has 1 fully saturated rings. The van der Waals surface area contributed by atoms with E-state index in [4.69, 9.17) is 4.98 Å². The standard InChI is InChI=1S/C13H22N2S2/c1-9-10(2)17-11(15-9)13(14-5)6-12(3,4)7-16-8-13/h14H,6-8H2,1-5H3. The number of nitrogens with zero attached hydrogens (tertiary/aromatic N) is 1. The summed E-state index contributed by atoms with van der Waals surface area (Å²) in [4.78, 5) is 6.14. The van der Waals surface area contributed by atoms with Gasteiger partial charge in [0.1, 0.15) is 5.01 Å². The molecule has 1 aromatic rings. The number of hydrogen-bond acceptors (Lipinski definition) is 4. The Balaban J connectivity index is 2.37. The molecule has 17 heavy (non-hydrogen) atoms. The maximum atomic E-state index is 4.79. The fourth-order valence-corrected chi connectivity index (χ4v) is 5.19. The summed E-state index contributed by atoms with van der Waals surface area (Å²) in [5.74, 6) is 2.39. The first-order valence-corrected chi connectivity index (χ1v) is 8.07. The molecular weight excluding hydrogens is 248 g/mol. The number of aryl methyl sites for hydroxylation is 2. The van der Waals surface area contributed by atoms with Gasteiger partial charge in [0.15, 0.2) is 0 Å². The van der Waals surface area contributed by atoms with E-state index in [9.17, 15) is 0 Å². The average Bonchev–Trinajstić information content (AvgIpc) is 2.58. The molecule has 0 spiro atoms. The van der Waals surface area contributed by atoms with Gasteiger partial charge in [0, 0.05) is 10.6 Å². The topological polar surface area (TPSA) is 24.9 Å². The zero-order valence-electron chi connectivity index (χ0n) is 11.4. The lowest BCUT2D eigenvalue weighted by atomic mass is 9.80. The van der Waals surface area contributed by atoms with Gasteiger partial charge >= 0.3 is 0 Å². The van der Waals surface area contributed by atoms with Crippen LogP contribution in [0.3, 0.4) is 0 Å². The second-order valence-electron chi connectivity index (χ2n) is 5.83. The van der Waals surface area contributed by atoms with Crippen LogP contribution in [-0.2, 0) is 5.54 Å². The van der Waals surface area contributed by atoms with Crippen molar-refractivity contribution in [3.8, 4) is 0 Å². The summed E-state index contributed by atoms with van der Waals surface area (Å²) in [6, 6.07) is 0. The zero-order chi connectivity index (χ0) is 12.7. The summed E-state index contributed by atoms with van der Waals surface area (Å²) in [5.41, 5.74) is 1.66. The number of nitrogens with one attached hydrogen (secondary N) is 1. The van der Waals surface area contributed by atoms with Crippen molar-refractivity contribution < 1.29 is 0 Å². The van der Waals surface area contributed by atoms with Crippen LogP contribution in [0.25, 0.3) is 0 Å². The highest BCUT2D eigenvalue weighted by Crippen LogP contribution is 2.45. The highest BCUT2D eigenvalue weighted by atomic mass is 32.2. The molecule has 1 atom stereocenters. The maximum absolute atomic E-state index is 4.79. The third kappa shape index (κ3) is 2.54. The summed E-state index contributed by atoms with van der Waals surface area (Å²) in [6.07, 6.45) is 1.18. The first kappa shape index (κ1) is 13.4. The highest BCUT2D eigenvalue weighted by molar-refractivity contribution is 7.99. The molecule has 2 rings (SSSR count). The number of thioether (sulfide) groups is 1. The van der Waals surface area contributed by atoms with Gasteiger partial charge in [-0.05, 0) is 38.5 Å². The smallest absolute Gasteiger partial charge is 0.114 e. The van der Waals surface area contributed by atoms with Crippen LogP contribution in [0.4, 0.5) is 0 Å². The Morgan fingerprint density at radius 1 is 1.24 bits per heavy atom. The highest BCUT2D eigenvalue weighted by Gasteiger charge is 2.42. The molecule has 0 saturated carbocycles. The third-order valence-electron chi connectivity index (χ3n) is 3.54. The third-order valence-corrected chi connectivity index (χ3v) is 6.50. The van der Waals surface area contributed by atoms with E-state index < -0.39 is 0 Å². The molecule has 1 saturated heterocycles. The Kier molecular flexibility index (Phi) is 3.59. The first-order chi connectivity index (χ1) is 7.88. The Morgan fingerprint density at radius 2 is 1.94 bits per heavy atom. The van der Waals surface area contributed by atoms with E-state index in [1.807, 2.05) is 23.1 Å². The van der Waals surface area contributed by atoms with Gasteiger partial charge in [0.25, 0.3) is 0 Å². The molecule has 1 aliphatic rings. The molecule has 1 aliphatic heterocycles. The fraction of sp³-hybridized carbons (Fsp3) is 0.769. The van der Waals surface area contributed by atoms with E-state index in [1.165, 1.54) is 27.8 Å². The fourth-order valence-electron chi connectivity index (χ4n) is 2.50. The van der Waals surface area contributed by atoms with E-state index >= 15 is 0 Å². The molecule has 4 heteroatoms. The first-order valence-electron chi connectivity index (χ1n) is 6.10. The molecule has 0 amide bonds. The lowest BCUT2D eigenvalue weighted by Gasteiger charge is -2.43. The van der Waals surface area contributed by atoms with Crippen molar-refractivity contribution in [3.63, 3.8) is 0 Å². The van der Waals surface area contributed by atoms with E-state index in [-0.39, 0.29) is 5.54 Å². The Labute approximate surface area is 113 Å². The Hall–Kier alpha value is -0.0600. The average molecular weight is 270 g/mol. The SMILES string of the molecule is CNC1(c2nc(C)c(C)s2)CSCC(C)(C)C1. The lowest BCUT2D eigenvalue weighted by Crippen LogP contribution is -2.49. The van der Waals surface area contributed by atoms with Crippen molar-refractivity contribution in [2.24, 2.45) is 5.41 Å². The van der Waals surface area contributed by atoms with Crippen LogP contribution in [0.2, 0.25) is 0 Å². The van der Waals surface area contributed by atoms with E-state index in [1.54, 1.807) is 0 Å². The van der Waals surface area contributed by atoms with Crippen molar-refractivity contribution in [1.82, 2.24) is 10.3 Å². The van der Waals surface area contributed by atoms with Gasteiger partial charge < -0.3 is 5.32 Å². The van der Waals surface area contributed by atoms with Crippen molar-refractivity contribution in [2.45, 2.75) is 39.7 Å². The second-order valence-corrected chi connectivity index (χ2v) is 8.02. The summed E-state index contributed by atoms with van der Waals surface area (Å²) < 4.78 is 0. The van der Waals surface area contributed by atoms with Crippen molar-refractivity contribution in [1.29, 1.82) is 0 Å². The number of thiazole rings is 1. The molecule has 2 heterocycles. The van der Waals surface area contributed by atoms with Gasteiger partial charge in [-0.15, -0.1) is 11.3 Å². The van der Waals surface area contributed by atoms with Gasteiger partial charge in [-0.2, -0.15) is 11.8 Å². The van der Waals surface area contributed by atoms with Crippen LogP contribution >= 0.6 is 23.1 Å². The zero-order valence-corrected chi connectivity index (χ0v) is 13.0. The lowest BCUT2D eigenvalue weighted by molar-refractivity contribution is 0.235. The van der Waals surface area contributed by atoms with Crippen LogP contribution in [0, 0.1) is 19.3 Å². The molecular formula is C13H22N2S2. The summed E-state index contributed by atoms with van der Waals surface area (Å²) in [5, 5.41) is 4.83. The van der Waals surface area contributed by atoms with Crippen LogP contribution in [-0.4, -0.2) is 23.5 Å². The molecule has 1 N–H and O–H groups in total. The van der Waals surface area contributed by atoms with Gasteiger partial charge in [-0.25, -0.2) is 4.98 Å². The second kappa shape index (κ2) is 4.56. The minimum atomic E-state index is 0.0795. The normalized spacial score (nSPS) is 28.3. The molecule has 0 aliphatic carbocycles. The molecule has 0 radical (unpaired) electrons. The van der Waals surface area contributed by atoms with Gasteiger partial charge in [-0.3, -0.25) is 0 Å². The number of aromatic nitrogens is 1. The molecule has 1 aromatic heterocycles. The summed E-state index contributed by atoms with van der Waals surface area (Å²) in [7, 11) is 2.08. The van der Waals surface area contributed by atoms with E-state index in [0.717, 1.165) is 5.75 Å². The quantitative estimate of drug-likeness (QED) is 0.892. The molecule has 2 nitrogen and oxygen atoms in total. The predicted octanol–water partition coefficient (Wildman–Crippen LogP) is 3.34. The van der Waals surface area contributed by atoms with E-state index in [2.05, 4.69) is 40.1 Å². The van der Waals surface area contributed by atoms with Gasteiger partial charge in [0.05, 0.1) is 11.2 Å². The van der Waals surface area contributed by atoms with Crippen LogP contribution in [0.1, 0.15) is 35.8 Å². The van der Waals surface area contributed by atoms with Gasteiger partial charge in [-0.1, -0.05) is 13.8 Å². The Bertz CT molecular complexity index is 392. The van der Waals surface area contributed by atoms with Crippen LogP contribution < -0.4 is 5.32 Å². The van der Waals surface area contributed by atoms with Crippen molar-refractivity contribution >= 4 is 23.1 Å². The molecule has 1 unspecified atom stereocenters. The molecule has 96 valence electrons. The predicted molar refractivity (Wildman–Crippen MR) is 78.0 cm³/mol. The minimum absolute atomic E-state index is 0.0795. The van der Waals surface area contributed by atoms with Crippen molar-refractivity contribution in [3.05, 3.63) is 15.6 Å². The van der Waals surface area contributed by atoms with Gasteiger partial charge in [0.2, 0.25) is 0 Å². The largest absolute Gasteiger partial charge is 0.308 e. The Morgan fingerprint density at radius 3 is 2.41 bits per heavy atom. The summed E-state index contributed by atoms with van der Waals surface area (Å²) in [6.45, 7) is 9.00. The molecule has 0 bridgehead atoms. The monoisotopic (exact) mass is 270 g/mol. The summed E-state index contributed by atoms with van der Waals surface area (Å²) >= 11 is 3.91.